The van der Waals surface area contributed by atoms with Crippen LogP contribution in [0.3, 0.4) is 0 Å². The van der Waals surface area contributed by atoms with Crippen LogP contribution in [-0.4, -0.2) is 52.5 Å². The first-order chi connectivity index (χ1) is 15.7. The van der Waals surface area contributed by atoms with E-state index in [1.165, 1.54) is 6.07 Å². The van der Waals surface area contributed by atoms with Crippen molar-refractivity contribution in [2.24, 2.45) is 0 Å². The second kappa shape index (κ2) is 9.40. The fraction of sp³-hybridized carbons (Fsp3) is 0.500. The third kappa shape index (κ3) is 5.37. The van der Waals surface area contributed by atoms with Gasteiger partial charge in [0.15, 0.2) is 13.2 Å². The fourth-order valence-electron chi connectivity index (χ4n) is 4.57. The van der Waals surface area contributed by atoms with Crippen molar-refractivity contribution in [2.75, 3.05) is 13.2 Å². The molecule has 2 aromatic rings. The number of hydrogen-bond donors (Lipinski definition) is 3. The summed E-state index contributed by atoms with van der Waals surface area (Å²) in [5.74, 6) is 0.630. The van der Waals surface area contributed by atoms with Gasteiger partial charge in [-0.3, -0.25) is 9.59 Å². The van der Waals surface area contributed by atoms with E-state index < -0.39 is 17.2 Å². The highest BCUT2D eigenvalue weighted by Gasteiger charge is 2.55. The van der Waals surface area contributed by atoms with Crippen molar-refractivity contribution < 1.29 is 28.7 Å². The molecular weight excluding hydrogens is 473 g/mol. The predicted octanol–water partition coefficient (Wildman–Crippen LogP) is 2.80. The molecule has 3 aliphatic rings. The molecule has 0 unspecified atom stereocenters. The Kier molecular flexibility index (Phi) is 6.74. The topological polar surface area (TPSA) is 123 Å². The van der Waals surface area contributed by atoms with Crippen LogP contribution in [0.2, 0.25) is 10.0 Å². The number of fused-ring (bicyclic) bond motifs is 3. The predicted molar refractivity (Wildman–Crippen MR) is 120 cm³/mol. The molecule has 3 fully saturated rings. The van der Waals surface area contributed by atoms with E-state index >= 15 is 0 Å². The van der Waals surface area contributed by atoms with Crippen LogP contribution >= 0.6 is 23.2 Å². The highest BCUT2D eigenvalue weighted by molar-refractivity contribution is 6.42. The van der Waals surface area contributed by atoms with Crippen molar-refractivity contribution >= 4 is 35.0 Å². The molecule has 0 saturated heterocycles. The molecule has 1 atom stereocenters. The minimum Gasteiger partial charge on any atom is -0.484 e. The van der Waals surface area contributed by atoms with Crippen molar-refractivity contribution in [3.8, 4) is 11.6 Å². The number of nitrogens with zero attached hydrogens (tertiary/aromatic N) is 1. The number of carbonyl (C=O) groups is 2. The number of nitrogens with one attached hydrogen (secondary N) is 2. The zero-order chi connectivity index (χ0) is 23.6. The van der Waals surface area contributed by atoms with Crippen molar-refractivity contribution in [1.29, 1.82) is 0 Å². The molecule has 0 radical (unpaired) electrons. The smallest absolute Gasteiger partial charge is 0.258 e. The van der Waals surface area contributed by atoms with Gasteiger partial charge in [-0.05, 0) is 56.3 Å². The standard InChI is InChI=1S/C22H25Cl2N3O6/c1-13-8-20(27-33-13)32-12-18(29)25-21-4-6-22(7-5-21,17(28)10-21)26-19(30)11-31-14-2-3-15(23)16(24)9-14/h2-3,8-9,17,28H,4-7,10-12H2,1H3,(H,25,29)(H,26,30)/t17-,21?,22?/m0/s1. The largest absolute Gasteiger partial charge is 0.484 e. The first-order valence-corrected chi connectivity index (χ1v) is 11.4. The van der Waals surface area contributed by atoms with E-state index in [4.69, 9.17) is 37.2 Å². The van der Waals surface area contributed by atoms with Crippen LogP contribution in [-0.2, 0) is 9.59 Å². The van der Waals surface area contributed by atoms with Gasteiger partial charge in [-0.15, -0.1) is 0 Å². The molecule has 11 heteroatoms. The monoisotopic (exact) mass is 497 g/mol. The van der Waals surface area contributed by atoms with E-state index in [0.717, 1.165) is 0 Å². The Morgan fingerprint density at radius 1 is 1.09 bits per heavy atom. The molecule has 3 saturated carbocycles. The molecule has 3 N–H and O–H groups in total. The van der Waals surface area contributed by atoms with Crippen LogP contribution in [0, 0.1) is 6.92 Å². The van der Waals surface area contributed by atoms with Crippen molar-refractivity contribution in [1.82, 2.24) is 15.8 Å². The van der Waals surface area contributed by atoms with Gasteiger partial charge < -0.3 is 29.7 Å². The molecule has 0 spiro atoms. The van der Waals surface area contributed by atoms with E-state index in [2.05, 4.69) is 15.8 Å². The van der Waals surface area contributed by atoms with Crippen LogP contribution in [0.4, 0.5) is 0 Å². The number of hydrogen-bond acceptors (Lipinski definition) is 7. The van der Waals surface area contributed by atoms with Crippen molar-refractivity contribution in [3.63, 3.8) is 0 Å². The molecule has 1 aromatic carbocycles. The maximum Gasteiger partial charge on any atom is 0.258 e. The number of aliphatic hydroxyl groups excluding tert-OH is 1. The molecule has 1 heterocycles. The molecule has 5 rings (SSSR count). The van der Waals surface area contributed by atoms with Crippen LogP contribution in [0.15, 0.2) is 28.8 Å². The number of benzene rings is 1. The van der Waals surface area contributed by atoms with E-state index in [0.29, 0.717) is 53.7 Å². The fourth-order valence-corrected chi connectivity index (χ4v) is 4.86. The first-order valence-electron chi connectivity index (χ1n) is 10.6. The molecule has 0 aliphatic heterocycles. The number of aryl methyl sites for hydroxylation is 1. The number of amides is 2. The Bertz CT molecular complexity index is 1030. The average Bonchev–Trinajstić information content (AvgIpc) is 3.19. The molecule has 3 aliphatic carbocycles. The summed E-state index contributed by atoms with van der Waals surface area (Å²) >= 11 is 11.8. The minimum atomic E-state index is -0.798. The number of aromatic nitrogens is 1. The molecule has 2 bridgehead atoms. The Balaban J connectivity index is 1.28. The van der Waals surface area contributed by atoms with Crippen LogP contribution in [0.1, 0.15) is 37.9 Å². The lowest BCUT2D eigenvalue weighted by atomic mass is 9.60. The SMILES string of the molecule is Cc1cc(OCC(=O)NC23CCC(NC(=O)COc4ccc(Cl)c(Cl)c4)(CC2)[C@@H](O)C3)no1. The molecule has 1 aromatic heterocycles. The van der Waals surface area contributed by atoms with Gasteiger partial charge in [0.2, 0.25) is 0 Å². The van der Waals surface area contributed by atoms with Gasteiger partial charge in [0, 0.05) is 17.7 Å². The minimum absolute atomic E-state index is 0.197. The lowest BCUT2D eigenvalue weighted by molar-refractivity contribution is -0.137. The highest BCUT2D eigenvalue weighted by atomic mass is 35.5. The van der Waals surface area contributed by atoms with E-state index in [-0.39, 0.29) is 30.9 Å². The third-order valence-electron chi connectivity index (χ3n) is 6.33. The van der Waals surface area contributed by atoms with Crippen LogP contribution in [0.5, 0.6) is 11.6 Å². The van der Waals surface area contributed by atoms with E-state index in [1.54, 1.807) is 25.1 Å². The zero-order valence-electron chi connectivity index (χ0n) is 18.0. The molecule has 9 nitrogen and oxygen atoms in total. The summed E-state index contributed by atoms with van der Waals surface area (Å²) < 4.78 is 15.8. The second-order valence-electron chi connectivity index (χ2n) is 8.68. The zero-order valence-corrected chi connectivity index (χ0v) is 19.5. The summed E-state index contributed by atoms with van der Waals surface area (Å²) in [6.45, 7) is 1.32. The maximum absolute atomic E-state index is 12.5. The summed E-state index contributed by atoms with van der Waals surface area (Å²) in [6.07, 6.45) is 1.88. The quantitative estimate of drug-likeness (QED) is 0.512. The van der Waals surface area contributed by atoms with Crippen molar-refractivity contribution in [2.45, 2.75) is 56.2 Å². The summed E-state index contributed by atoms with van der Waals surface area (Å²) in [4.78, 5) is 25.0. The van der Waals surface area contributed by atoms with Crippen LogP contribution < -0.4 is 20.1 Å². The summed E-state index contributed by atoms with van der Waals surface area (Å²) in [6, 6.07) is 6.35. The third-order valence-corrected chi connectivity index (χ3v) is 7.07. The maximum atomic E-state index is 12.5. The van der Waals surface area contributed by atoms with E-state index in [1.807, 2.05) is 0 Å². The lowest BCUT2D eigenvalue weighted by Crippen LogP contribution is -2.70. The molecule has 178 valence electrons. The number of ether oxygens (including phenoxy) is 2. The highest BCUT2D eigenvalue weighted by Crippen LogP contribution is 2.47. The van der Waals surface area contributed by atoms with Gasteiger partial charge in [-0.2, -0.15) is 0 Å². The van der Waals surface area contributed by atoms with Crippen molar-refractivity contribution in [3.05, 3.63) is 40.1 Å². The van der Waals surface area contributed by atoms with Gasteiger partial charge in [-0.25, -0.2) is 0 Å². The van der Waals surface area contributed by atoms with Gasteiger partial charge >= 0.3 is 0 Å². The van der Waals surface area contributed by atoms with Gasteiger partial charge in [0.25, 0.3) is 17.7 Å². The average molecular weight is 498 g/mol. The Morgan fingerprint density at radius 3 is 2.42 bits per heavy atom. The number of halogens is 2. The second-order valence-corrected chi connectivity index (χ2v) is 9.50. The van der Waals surface area contributed by atoms with Gasteiger partial charge in [0.1, 0.15) is 11.5 Å². The first kappa shape index (κ1) is 23.7. The Hall–Kier alpha value is -2.49. The van der Waals surface area contributed by atoms with Crippen LogP contribution in [0.25, 0.3) is 0 Å². The van der Waals surface area contributed by atoms with Gasteiger partial charge in [-0.1, -0.05) is 23.2 Å². The molecular formula is C22H25Cl2N3O6. The Labute approximate surface area is 200 Å². The lowest BCUT2D eigenvalue weighted by Gasteiger charge is -2.56. The molecule has 33 heavy (non-hydrogen) atoms. The number of carbonyl (C=O) groups excluding carboxylic acids is 2. The number of rotatable bonds is 8. The summed E-state index contributed by atoms with van der Waals surface area (Å²) in [7, 11) is 0. The normalized spacial score (nSPS) is 26.0. The Morgan fingerprint density at radius 2 is 1.79 bits per heavy atom. The molecule has 2 amide bonds. The van der Waals surface area contributed by atoms with E-state index in [9.17, 15) is 14.7 Å². The summed E-state index contributed by atoms with van der Waals surface area (Å²) in [5.41, 5.74) is -1.26. The summed E-state index contributed by atoms with van der Waals surface area (Å²) in [5, 5.41) is 21.2. The number of aliphatic hydroxyl groups is 1. The van der Waals surface area contributed by atoms with Gasteiger partial charge in [0.05, 0.1) is 21.7 Å².